The van der Waals surface area contributed by atoms with Crippen LogP contribution in [0.25, 0.3) is 16.3 Å². The van der Waals surface area contributed by atoms with Crippen molar-refractivity contribution in [3.05, 3.63) is 40.9 Å². The second kappa shape index (κ2) is 6.67. The molecule has 2 aromatic heterocycles. The minimum Gasteiger partial charge on any atom is -0.322 e. The number of nitrogens with zero attached hydrogens (tertiary/aromatic N) is 2. The van der Waals surface area contributed by atoms with Crippen molar-refractivity contribution in [3.8, 4) is 0 Å². The first-order chi connectivity index (χ1) is 11.1. The first-order valence-corrected chi connectivity index (χ1v) is 8.36. The van der Waals surface area contributed by atoms with Gasteiger partial charge in [-0.05, 0) is 24.3 Å². The molecular formula is C15H12N4O2S2. The summed E-state index contributed by atoms with van der Waals surface area (Å²) in [6, 6.07) is 5.40. The van der Waals surface area contributed by atoms with Crippen LogP contribution in [0.15, 0.2) is 35.9 Å². The summed E-state index contributed by atoms with van der Waals surface area (Å²) < 4.78 is 0.885. The summed E-state index contributed by atoms with van der Waals surface area (Å²) in [5.74, 6) is -0.393. The van der Waals surface area contributed by atoms with Crippen LogP contribution in [0.2, 0.25) is 0 Å². The van der Waals surface area contributed by atoms with Gasteiger partial charge in [0, 0.05) is 30.3 Å². The molecule has 2 heterocycles. The van der Waals surface area contributed by atoms with E-state index in [-0.39, 0.29) is 11.8 Å². The van der Waals surface area contributed by atoms with E-state index in [1.54, 1.807) is 24.4 Å². The Balaban J connectivity index is 1.72. The molecule has 0 saturated carbocycles. The highest BCUT2D eigenvalue weighted by molar-refractivity contribution is 7.22. The number of rotatable bonds is 4. The maximum Gasteiger partial charge on any atom is 0.248 e. The predicted octanol–water partition coefficient (Wildman–Crippen LogP) is 3.36. The van der Waals surface area contributed by atoms with Crippen LogP contribution < -0.4 is 10.6 Å². The second-order valence-corrected chi connectivity index (χ2v) is 6.53. The normalized spacial score (nSPS) is 11.0. The van der Waals surface area contributed by atoms with Crippen molar-refractivity contribution in [1.82, 2.24) is 9.97 Å². The first kappa shape index (κ1) is 15.3. The van der Waals surface area contributed by atoms with Gasteiger partial charge in [-0.15, -0.1) is 11.3 Å². The number of aromatic nitrogens is 2. The molecule has 3 aromatic rings. The summed E-state index contributed by atoms with van der Waals surface area (Å²) >= 11 is 2.82. The Morgan fingerprint density at radius 1 is 1.26 bits per heavy atom. The molecule has 8 heteroatoms. The van der Waals surface area contributed by atoms with Gasteiger partial charge in [0.25, 0.3) is 0 Å². The molecule has 0 saturated heterocycles. The number of nitrogens with one attached hydrogen (secondary N) is 2. The van der Waals surface area contributed by atoms with Gasteiger partial charge in [0.05, 0.1) is 10.2 Å². The average Bonchev–Trinajstić information content (AvgIpc) is 3.12. The molecule has 0 aliphatic carbocycles. The molecule has 116 valence electrons. The predicted molar refractivity (Wildman–Crippen MR) is 93.7 cm³/mol. The van der Waals surface area contributed by atoms with Crippen molar-refractivity contribution >= 4 is 61.6 Å². The fourth-order valence-corrected chi connectivity index (χ4v) is 3.33. The number of fused-ring (bicyclic) bond motifs is 1. The minimum atomic E-state index is -0.230. The molecule has 2 amide bonds. The van der Waals surface area contributed by atoms with Gasteiger partial charge < -0.3 is 10.6 Å². The lowest BCUT2D eigenvalue weighted by Gasteiger charge is -2.01. The number of anilines is 2. The van der Waals surface area contributed by atoms with Crippen LogP contribution in [0, 0.1) is 0 Å². The zero-order valence-electron chi connectivity index (χ0n) is 12.1. The zero-order chi connectivity index (χ0) is 16.2. The summed E-state index contributed by atoms with van der Waals surface area (Å²) in [6.45, 7) is 1.44. The standard InChI is InChI=1S/C15H12N4O2S2/c1-9(20)17-15-19-11-3-2-10(8-12(11)23-15)18-13(21)4-5-14-16-6-7-22-14/h2-8H,1H3,(H,18,21)(H,17,19,20). The first-order valence-electron chi connectivity index (χ1n) is 6.67. The molecule has 2 N–H and O–H groups in total. The van der Waals surface area contributed by atoms with Crippen molar-refractivity contribution in [3.63, 3.8) is 0 Å². The fraction of sp³-hybridized carbons (Fsp3) is 0.0667. The van der Waals surface area contributed by atoms with Gasteiger partial charge in [0.2, 0.25) is 11.8 Å². The topological polar surface area (TPSA) is 84.0 Å². The molecule has 0 fully saturated rings. The number of hydrogen-bond acceptors (Lipinski definition) is 6. The van der Waals surface area contributed by atoms with Gasteiger partial charge in [-0.2, -0.15) is 0 Å². The Labute approximate surface area is 139 Å². The Morgan fingerprint density at radius 3 is 2.87 bits per heavy atom. The number of carbonyl (C=O) groups excluding carboxylic acids is 2. The molecule has 0 aliphatic heterocycles. The highest BCUT2D eigenvalue weighted by Crippen LogP contribution is 2.28. The van der Waals surface area contributed by atoms with Crippen LogP contribution in [0.4, 0.5) is 10.8 Å². The van der Waals surface area contributed by atoms with Crippen LogP contribution in [0.5, 0.6) is 0 Å². The largest absolute Gasteiger partial charge is 0.322 e. The van der Waals surface area contributed by atoms with E-state index in [9.17, 15) is 9.59 Å². The molecule has 0 radical (unpaired) electrons. The van der Waals surface area contributed by atoms with E-state index in [0.717, 1.165) is 15.2 Å². The van der Waals surface area contributed by atoms with E-state index in [1.807, 2.05) is 11.4 Å². The Hall–Kier alpha value is -2.58. The van der Waals surface area contributed by atoms with Crippen molar-refractivity contribution in [2.45, 2.75) is 6.92 Å². The monoisotopic (exact) mass is 344 g/mol. The zero-order valence-corrected chi connectivity index (χ0v) is 13.7. The molecule has 0 aliphatic rings. The van der Waals surface area contributed by atoms with Gasteiger partial charge in [-0.1, -0.05) is 11.3 Å². The molecular weight excluding hydrogens is 332 g/mol. The number of amides is 2. The fourth-order valence-electron chi connectivity index (χ4n) is 1.85. The van der Waals surface area contributed by atoms with E-state index in [0.29, 0.717) is 10.8 Å². The number of benzene rings is 1. The summed E-state index contributed by atoms with van der Waals surface area (Å²) in [4.78, 5) is 31.3. The van der Waals surface area contributed by atoms with Gasteiger partial charge in [-0.3, -0.25) is 9.59 Å². The Kier molecular flexibility index (Phi) is 4.45. The molecule has 0 unspecified atom stereocenters. The third kappa shape index (κ3) is 3.99. The van der Waals surface area contributed by atoms with E-state index in [4.69, 9.17) is 0 Å². The summed E-state index contributed by atoms with van der Waals surface area (Å²) in [5.41, 5.74) is 1.44. The molecule has 3 rings (SSSR count). The van der Waals surface area contributed by atoms with Crippen molar-refractivity contribution in [2.24, 2.45) is 0 Å². The number of thiazole rings is 2. The molecule has 1 aromatic carbocycles. The van der Waals surface area contributed by atoms with Gasteiger partial charge in [0.1, 0.15) is 5.01 Å². The van der Waals surface area contributed by atoms with Gasteiger partial charge in [0.15, 0.2) is 5.13 Å². The highest BCUT2D eigenvalue weighted by Gasteiger charge is 2.07. The average molecular weight is 344 g/mol. The van der Waals surface area contributed by atoms with Crippen molar-refractivity contribution < 1.29 is 9.59 Å². The van der Waals surface area contributed by atoms with Crippen molar-refractivity contribution in [1.29, 1.82) is 0 Å². The minimum absolute atomic E-state index is 0.162. The van der Waals surface area contributed by atoms with Crippen LogP contribution >= 0.6 is 22.7 Å². The molecule has 0 spiro atoms. The number of hydrogen-bond donors (Lipinski definition) is 2. The van der Waals surface area contributed by atoms with Crippen LogP contribution in [-0.4, -0.2) is 21.8 Å². The van der Waals surface area contributed by atoms with E-state index in [1.165, 1.54) is 35.7 Å². The Morgan fingerprint density at radius 2 is 2.13 bits per heavy atom. The van der Waals surface area contributed by atoms with Crippen LogP contribution in [0.1, 0.15) is 11.9 Å². The third-order valence-corrected chi connectivity index (χ3v) is 4.44. The van der Waals surface area contributed by atoms with Gasteiger partial charge in [-0.25, -0.2) is 9.97 Å². The van der Waals surface area contributed by atoms with E-state index >= 15 is 0 Å². The molecule has 23 heavy (non-hydrogen) atoms. The SMILES string of the molecule is CC(=O)Nc1nc2ccc(NC(=O)C=Cc3nccs3)cc2s1. The molecule has 6 nitrogen and oxygen atoms in total. The van der Waals surface area contributed by atoms with Crippen LogP contribution in [-0.2, 0) is 9.59 Å². The number of carbonyl (C=O) groups is 2. The molecule has 0 bridgehead atoms. The lowest BCUT2D eigenvalue weighted by Crippen LogP contribution is -2.07. The van der Waals surface area contributed by atoms with Crippen molar-refractivity contribution in [2.75, 3.05) is 10.6 Å². The summed E-state index contributed by atoms with van der Waals surface area (Å²) in [5, 5.41) is 8.61. The van der Waals surface area contributed by atoms with E-state index < -0.39 is 0 Å². The summed E-state index contributed by atoms with van der Waals surface area (Å²) in [6.07, 6.45) is 4.80. The van der Waals surface area contributed by atoms with Crippen LogP contribution in [0.3, 0.4) is 0 Å². The lowest BCUT2D eigenvalue weighted by molar-refractivity contribution is -0.114. The smallest absolute Gasteiger partial charge is 0.248 e. The summed E-state index contributed by atoms with van der Waals surface area (Å²) in [7, 11) is 0. The molecule has 0 atom stereocenters. The lowest BCUT2D eigenvalue weighted by atomic mass is 10.3. The maximum atomic E-state index is 11.9. The highest BCUT2D eigenvalue weighted by atomic mass is 32.1. The maximum absolute atomic E-state index is 11.9. The van der Waals surface area contributed by atoms with E-state index in [2.05, 4.69) is 20.6 Å². The quantitative estimate of drug-likeness (QED) is 0.711. The second-order valence-electron chi connectivity index (χ2n) is 4.58. The Bertz CT molecular complexity index is 884. The van der Waals surface area contributed by atoms with Gasteiger partial charge >= 0.3 is 0 Å². The third-order valence-electron chi connectivity index (χ3n) is 2.77.